The Morgan fingerprint density at radius 3 is 2.55 bits per heavy atom. The van der Waals surface area contributed by atoms with E-state index in [1.54, 1.807) is 60.3 Å². The summed E-state index contributed by atoms with van der Waals surface area (Å²) in [6.07, 6.45) is 1.48. The summed E-state index contributed by atoms with van der Waals surface area (Å²) in [6.45, 7) is 0.570. The van der Waals surface area contributed by atoms with Crippen molar-refractivity contribution >= 4 is 11.9 Å². The highest BCUT2D eigenvalue weighted by atomic mass is 19.1. The molecule has 2 heterocycles. The summed E-state index contributed by atoms with van der Waals surface area (Å²) in [5.74, 6) is 1.35. The zero-order valence-electron chi connectivity index (χ0n) is 16.6. The number of hydrogen-bond donors (Lipinski definition) is 1. The molecule has 9 heteroatoms. The fourth-order valence-electron chi connectivity index (χ4n) is 2.77. The van der Waals surface area contributed by atoms with Gasteiger partial charge in [-0.3, -0.25) is 10.1 Å². The van der Waals surface area contributed by atoms with Gasteiger partial charge in [0.25, 0.3) is 5.91 Å². The van der Waals surface area contributed by atoms with Crippen LogP contribution in [0.5, 0.6) is 11.5 Å². The molecule has 1 amide bonds. The van der Waals surface area contributed by atoms with Gasteiger partial charge < -0.3 is 13.9 Å². The standard InChI is InChI=1S/C22H19FN4O4/c1-29-17-6-8-18(9-7-17)30-13-19-10-11-20(31-19)21(28)25-22-24-14-27(26-22)12-15-2-4-16(23)5-3-15/h2-11,14H,12-13H2,1H3,(H,25,26,28). The van der Waals surface area contributed by atoms with Crippen molar-refractivity contribution in [2.75, 3.05) is 12.4 Å². The number of carbonyl (C=O) groups excluding carboxylic acids is 1. The van der Waals surface area contributed by atoms with Crippen molar-refractivity contribution in [1.82, 2.24) is 14.8 Å². The molecular formula is C22H19FN4O4. The van der Waals surface area contributed by atoms with Gasteiger partial charge in [-0.25, -0.2) is 14.1 Å². The van der Waals surface area contributed by atoms with Crippen LogP contribution in [0.4, 0.5) is 10.3 Å². The highest BCUT2D eigenvalue weighted by Crippen LogP contribution is 2.19. The topological polar surface area (TPSA) is 91.4 Å². The molecule has 0 bridgehead atoms. The first-order valence-electron chi connectivity index (χ1n) is 9.40. The summed E-state index contributed by atoms with van der Waals surface area (Å²) in [5.41, 5.74) is 0.858. The van der Waals surface area contributed by atoms with Gasteiger partial charge in [0.05, 0.1) is 13.7 Å². The van der Waals surface area contributed by atoms with Crippen LogP contribution in [0.2, 0.25) is 0 Å². The van der Waals surface area contributed by atoms with Crippen LogP contribution in [-0.2, 0) is 13.2 Å². The molecular weight excluding hydrogens is 403 g/mol. The minimum absolute atomic E-state index is 0.114. The molecule has 0 fully saturated rings. The number of amides is 1. The van der Waals surface area contributed by atoms with Crippen LogP contribution in [-0.4, -0.2) is 27.8 Å². The Kier molecular flexibility index (Phi) is 5.93. The monoisotopic (exact) mass is 422 g/mol. The van der Waals surface area contributed by atoms with E-state index < -0.39 is 5.91 Å². The molecule has 8 nitrogen and oxygen atoms in total. The Morgan fingerprint density at radius 2 is 1.81 bits per heavy atom. The smallest absolute Gasteiger partial charge is 0.293 e. The summed E-state index contributed by atoms with van der Waals surface area (Å²) in [6, 6.07) is 16.4. The lowest BCUT2D eigenvalue weighted by Crippen LogP contribution is -2.12. The zero-order chi connectivity index (χ0) is 21.6. The third-order valence-corrected chi connectivity index (χ3v) is 4.35. The fraction of sp³-hybridized carbons (Fsp3) is 0.136. The Balaban J connectivity index is 1.31. The van der Waals surface area contributed by atoms with E-state index in [0.29, 0.717) is 18.1 Å². The van der Waals surface area contributed by atoms with Crippen LogP contribution < -0.4 is 14.8 Å². The number of nitrogens with zero attached hydrogens (tertiary/aromatic N) is 3. The summed E-state index contributed by atoms with van der Waals surface area (Å²) in [5, 5.41) is 6.78. The highest BCUT2D eigenvalue weighted by Gasteiger charge is 2.14. The lowest BCUT2D eigenvalue weighted by atomic mass is 10.2. The van der Waals surface area contributed by atoms with Gasteiger partial charge >= 0.3 is 0 Å². The molecule has 1 N–H and O–H groups in total. The van der Waals surface area contributed by atoms with Gasteiger partial charge in [0, 0.05) is 0 Å². The van der Waals surface area contributed by atoms with E-state index in [9.17, 15) is 9.18 Å². The summed E-state index contributed by atoms with van der Waals surface area (Å²) in [4.78, 5) is 16.4. The third kappa shape index (κ3) is 5.27. The molecule has 4 rings (SSSR count). The van der Waals surface area contributed by atoms with Crippen molar-refractivity contribution in [3.63, 3.8) is 0 Å². The summed E-state index contributed by atoms with van der Waals surface area (Å²) >= 11 is 0. The molecule has 0 spiro atoms. The van der Waals surface area contributed by atoms with Crippen LogP contribution in [0.15, 0.2) is 71.4 Å². The van der Waals surface area contributed by atoms with Gasteiger partial charge in [0.2, 0.25) is 5.95 Å². The quantitative estimate of drug-likeness (QED) is 0.463. The second-order valence-corrected chi connectivity index (χ2v) is 6.58. The molecule has 0 aliphatic heterocycles. The maximum absolute atomic E-state index is 13.0. The van der Waals surface area contributed by atoms with Crippen molar-refractivity contribution in [1.29, 1.82) is 0 Å². The number of carbonyl (C=O) groups is 1. The van der Waals surface area contributed by atoms with Gasteiger partial charge in [-0.05, 0) is 54.1 Å². The van der Waals surface area contributed by atoms with Crippen LogP contribution in [0, 0.1) is 5.82 Å². The van der Waals surface area contributed by atoms with Crippen LogP contribution in [0.25, 0.3) is 0 Å². The number of hydrogen-bond acceptors (Lipinski definition) is 6. The zero-order valence-corrected chi connectivity index (χ0v) is 16.6. The molecule has 0 unspecified atom stereocenters. The van der Waals surface area contributed by atoms with E-state index in [1.165, 1.54) is 18.5 Å². The number of ether oxygens (including phenoxy) is 2. The second-order valence-electron chi connectivity index (χ2n) is 6.58. The number of aromatic nitrogens is 3. The molecule has 0 atom stereocenters. The number of anilines is 1. The van der Waals surface area contributed by atoms with Crippen molar-refractivity contribution < 1.29 is 23.1 Å². The minimum Gasteiger partial charge on any atom is -0.497 e. The maximum Gasteiger partial charge on any atom is 0.293 e. The molecule has 2 aromatic heterocycles. The number of methoxy groups -OCH3 is 1. The number of nitrogens with one attached hydrogen (secondary N) is 1. The van der Waals surface area contributed by atoms with Gasteiger partial charge in [0.15, 0.2) is 5.76 Å². The number of halogens is 1. The molecule has 4 aromatic rings. The molecule has 158 valence electrons. The van der Waals surface area contributed by atoms with Crippen LogP contribution in [0.1, 0.15) is 21.9 Å². The van der Waals surface area contributed by atoms with Crippen molar-refractivity contribution in [3.8, 4) is 11.5 Å². The average molecular weight is 422 g/mol. The molecule has 0 saturated carbocycles. The average Bonchev–Trinajstić information content (AvgIpc) is 3.44. The van der Waals surface area contributed by atoms with Crippen LogP contribution in [0.3, 0.4) is 0 Å². The molecule has 0 aliphatic carbocycles. The Labute approximate surface area is 177 Å². The number of furan rings is 1. The van der Waals surface area contributed by atoms with Gasteiger partial charge in [-0.15, -0.1) is 5.10 Å². The third-order valence-electron chi connectivity index (χ3n) is 4.35. The first-order chi connectivity index (χ1) is 15.1. The molecule has 0 radical (unpaired) electrons. The first kappa shape index (κ1) is 20.1. The van der Waals surface area contributed by atoms with E-state index >= 15 is 0 Å². The Hall–Kier alpha value is -4.14. The molecule has 0 aliphatic rings. The molecule has 2 aromatic carbocycles. The van der Waals surface area contributed by atoms with Crippen molar-refractivity contribution in [3.05, 3.63) is 89.9 Å². The van der Waals surface area contributed by atoms with E-state index in [1.807, 2.05) is 0 Å². The van der Waals surface area contributed by atoms with E-state index in [4.69, 9.17) is 13.9 Å². The van der Waals surface area contributed by atoms with E-state index in [2.05, 4.69) is 15.4 Å². The predicted molar refractivity (Wildman–Crippen MR) is 110 cm³/mol. The van der Waals surface area contributed by atoms with E-state index in [0.717, 1.165) is 11.3 Å². The Morgan fingerprint density at radius 1 is 1.06 bits per heavy atom. The highest BCUT2D eigenvalue weighted by molar-refractivity contribution is 6.01. The predicted octanol–water partition coefficient (Wildman–Crippen LogP) is 3.90. The number of benzene rings is 2. The lowest BCUT2D eigenvalue weighted by Gasteiger charge is -2.05. The largest absolute Gasteiger partial charge is 0.497 e. The van der Waals surface area contributed by atoms with E-state index in [-0.39, 0.29) is 24.1 Å². The van der Waals surface area contributed by atoms with Crippen LogP contribution >= 0.6 is 0 Å². The maximum atomic E-state index is 13.0. The normalized spacial score (nSPS) is 10.6. The molecule has 0 saturated heterocycles. The minimum atomic E-state index is -0.477. The second kappa shape index (κ2) is 9.12. The fourth-order valence-corrected chi connectivity index (χ4v) is 2.77. The van der Waals surface area contributed by atoms with Crippen molar-refractivity contribution in [2.24, 2.45) is 0 Å². The summed E-state index contributed by atoms with van der Waals surface area (Å²) in [7, 11) is 1.59. The van der Waals surface area contributed by atoms with Gasteiger partial charge in [0.1, 0.15) is 36.0 Å². The summed E-state index contributed by atoms with van der Waals surface area (Å²) < 4.78 is 30.8. The van der Waals surface area contributed by atoms with Gasteiger partial charge in [-0.1, -0.05) is 12.1 Å². The molecule has 31 heavy (non-hydrogen) atoms. The SMILES string of the molecule is COc1ccc(OCc2ccc(C(=O)Nc3ncn(Cc4ccc(F)cc4)n3)o2)cc1. The van der Waals surface area contributed by atoms with Gasteiger partial charge in [-0.2, -0.15) is 0 Å². The van der Waals surface area contributed by atoms with Crippen molar-refractivity contribution in [2.45, 2.75) is 13.2 Å². The Bertz CT molecular complexity index is 1150. The lowest BCUT2D eigenvalue weighted by molar-refractivity contribution is 0.0991. The number of rotatable bonds is 8. The first-order valence-corrected chi connectivity index (χ1v) is 9.40.